The molecular weight excluding hydrogens is 356 g/mol. The highest BCUT2D eigenvalue weighted by atomic mass is 32.1. The molecule has 4 nitrogen and oxygen atoms in total. The van der Waals surface area contributed by atoms with E-state index in [1.165, 1.54) is 0 Å². The molecule has 5 heteroatoms. The van der Waals surface area contributed by atoms with Crippen molar-refractivity contribution < 1.29 is 9.59 Å². The van der Waals surface area contributed by atoms with E-state index >= 15 is 0 Å². The average molecular weight is 376 g/mol. The molecule has 0 bridgehead atoms. The molecule has 27 heavy (non-hydrogen) atoms. The van der Waals surface area contributed by atoms with Crippen LogP contribution in [0.3, 0.4) is 0 Å². The van der Waals surface area contributed by atoms with Crippen LogP contribution in [0.25, 0.3) is 0 Å². The monoisotopic (exact) mass is 376 g/mol. The number of nitrogens with zero attached hydrogens (tertiary/aromatic N) is 1. The summed E-state index contributed by atoms with van der Waals surface area (Å²) in [5.74, 6) is -0.550. The number of rotatable bonds is 4. The van der Waals surface area contributed by atoms with E-state index in [0.29, 0.717) is 12.1 Å². The van der Waals surface area contributed by atoms with E-state index in [4.69, 9.17) is 0 Å². The van der Waals surface area contributed by atoms with Crippen LogP contribution in [0.4, 0.5) is 0 Å². The minimum absolute atomic E-state index is 0.0453. The van der Waals surface area contributed by atoms with Gasteiger partial charge in [-0.2, -0.15) is 0 Å². The molecule has 2 aromatic carbocycles. The Morgan fingerprint density at radius 3 is 2.52 bits per heavy atom. The number of likely N-dealkylation sites (N-methyl/N-ethyl adjacent to an activating group) is 1. The van der Waals surface area contributed by atoms with Crippen molar-refractivity contribution >= 4 is 23.2 Å². The number of carbonyl (C=O) groups is 2. The fourth-order valence-corrected chi connectivity index (χ4v) is 4.57. The van der Waals surface area contributed by atoms with Crippen LogP contribution in [0, 0.1) is 0 Å². The summed E-state index contributed by atoms with van der Waals surface area (Å²) in [6, 6.07) is 20.9. The molecule has 4 rings (SSSR count). The number of thiophene rings is 1. The fourth-order valence-electron chi connectivity index (χ4n) is 3.67. The van der Waals surface area contributed by atoms with Gasteiger partial charge < -0.3 is 10.2 Å². The Kier molecular flexibility index (Phi) is 4.77. The van der Waals surface area contributed by atoms with Crippen molar-refractivity contribution in [2.45, 2.75) is 18.5 Å². The predicted octanol–water partition coefficient (Wildman–Crippen LogP) is 3.98. The lowest BCUT2D eigenvalue weighted by atomic mass is 9.81. The van der Waals surface area contributed by atoms with Gasteiger partial charge in [-0.05, 0) is 28.6 Å². The van der Waals surface area contributed by atoms with E-state index in [2.05, 4.69) is 5.32 Å². The second-order valence-corrected chi connectivity index (χ2v) is 7.62. The third-order valence-electron chi connectivity index (χ3n) is 5.01. The van der Waals surface area contributed by atoms with E-state index in [0.717, 1.165) is 16.0 Å². The van der Waals surface area contributed by atoms with Crippen LogP contribution in [0.1, 0.15) is 38.3 Å². The number of amides is 2. The minimum atomic E-state index is -0.439. The lowest BCUT2D eigenvalue weighted by Crippen LogP contribution is -2.45. The van der Waals surface area contributed by atoms with Crippen LogP contribution in [-0.2, 0) is 11.3 Å². The second kappa shape index (κ2) is 7.37. The highest BCUT2D eigenvalue weighted by molar-refractivity contribution is 7.10. The van der Waals surface area contributed by atoms with Crippen LogP contribution in [0.2, 0.25) is 0 Å². The largest absolute Gasteiger partial charge is 0.351 e. The van der Waals surface area contributed by atoms with Crippen molar-refractivity contribution in [3.05, 3.63) is 93.7 Å². The van der Waals surface area contributed by atoms with Gasteiger partial charge in [0.25, 0.3) is 5.91 Å². The number of hydrogen-bond donors (Lipinski definition) is 1. The summed E-state index contributed by atoms with van der Waals surface area (Å²) in [4.78, 5) is 28.8. The summed E-state index contributed by atoms with van der Waals surface area (Å²) >= 11 is 1.57. The van der Waals surface area contributed by atoms with Crippen molar-refractivity contribution in [2.24, 2.45) is 0 Å². The van der Waals surface area contributed by atoms with Gasteiger partial charge in [-0.25, -0.2) is 0 Å². The number of nitrogens with one attached hydrogen (secondary N) is 1. The Bertz CT molecular complexity index is 953. The first kappa shape index (κ1) is 17.5. The summed E-state index contributed by atoms with van der Waals surface area (Å²) in [6.45, 7) is 0.465. The summed E-state index contributed by atoms with van der Waals surface area (Å²) in [5, 5.41) is 5.04. The molecular formula is C22H20N2O2S. The minimum Gasteiger partial charge on any atom is -0.351 e. The quantitative estimate of drug-likeness (QED) is 0.749. The molecule has 1 aliphatic rings. The normalized spacial score (nSPS) is 18.9. The molecule has 0 radical (unpaired) electrons. The van der Waals surface area contributed by atoms with Gasteiger partial charge in [-0.3, -0.25) is 9.59 Å². The van der Waals surface area contributed by atoms with Gasteiger partial charge in [0, 0.05) is 24.0 Å². The summed E-state index contributed by atoms with van der Waals surface area (Å²) < 4.78 is 0. The van der Waals surface area contributed by atoms with Crippen molar-refractivity contribution in [1.29, 1.82) is 0 Å². The number of hydrogen-bond acceptors (Lipinski definition) is 3. The van der Waals surface area contributed by atoms with E-state index in [1.54, 1.807) is 29.4 Å². The SMILES string of the molecule is CN1C(=O)c2ccccc2[C@H](C(=O)NCc2ccccc2)[C@@H]1c1cccs1. The van der Waals surface area contributed by atoms with Crippen molar-refractivity contribution in [1.82, 2.24) is 10.2 Å². The standard InChI is InChI=1S/C22H20N2O2S/c1-24-20(18-12-7-13-27-18)19(16-10-5-6-11-17(16)22(24)26)21(25)23-14-15-8-3-2-4-9-15/h2-13,19-20H,14H2,1H3,(H,23,25)/t19-,20-/m0/s1. The summed E-state index contributed by atoms with van der Waals surface area (Å²) in [5.41, 5.74) is 2.45. The van der Waals surface area contributed by atoms with Gasteiger partial charge in [0.05, 0.1) is 12.0 Å². The van der Waals surface area contributed by atoms with Crippen LogP contribution in [0.15, 0.2) is 72.1 Å². The fraction of sp³-hybridized carbons (Fsp3) is 0.182. The molecule has 0 saturated heterocycles. The van der Waals surface area contributed by atoms with Gasteiger partial charge in [-0.15, -0.1) is 11.3 Å². The summed E-state index contributed by atoms with van der Waals surface area (Å²) in [6.07, 6.45) is 0. The molecule has 3 aromatic rings. The first-order valence-electron chi connectivity index (χ1n) is 8.88. The first-order valence-corrected chi connectivity index (χ1v) is 9.76. The lowest BCUT2D eigenvalue weighted by Gasteiger charge is -2.39. The van der Waals surface area contributed by atoms with Gasteiger partial charge >= 0.3 is 0 Å². The second-order valence-electron chi connectivity index (χ2n) is 6.64. The molecule has 2 amide bonds. The molecule has 1 N–H and O–H groups in total. The molecule has 1 aromatic heterocycles. The molecule has 1 aliphatic heterocycles. The molecule has 2 heterocycles. The van der Waals surface area contributed by atoms with Gasteiger partial charge in [0.2, 0.25) is 5.91 Å². The Labute approximate surface area is 162 Å². The average Bonchev–Trinajstić information content (AvgIpc) is 3.24. The molecule has 0 spiro atoms. The third-order valence-corrected chi connectivity index (χ3v) is 5.95. The Morgan fingerprint density at radius 2 is 1.78 bits per heavy atom. The van der Waals surface area contributed by atoms with E-state index in [9.17, 15) is 9.59 Å². The highest BCUT2D eigenvalue weighted by Gasteiger charge is 2.42. The predicted molar refractivity (Wildman–Crippen MR) is 107 cm³/mol. The number of benzene rings is 2. The van der Waals surface area contributed by atoms with Crippen molar-refractivity contribution in [2.75, 3.05) is 7.05 Å². The maximum absolute atomic E-state index is 13.2. The van der Waals surface area contributed by atoms with E-state index < -0.39 is 5.92 Å². The zero-order valence-electron chi connectivity index (χ0n) is 15.0. The molecule has 2 atom stereocenters. The van der Waals surface area contributed by atoms with Crippen LogP contribution in [-0.4, -0.2) is 23.8 Å². The van der Waals surface area contributed by atoms with Crippen LogP contribution in [0.5, 0.6) is 0 Å². The van der Waals surface area contributed by atoms with E-state index in [1.807, 2.05) is 66.0 Å². The zero-order chi connectivity index (χ0) is 18.8. The summed E-state index contributed by atoms with van der Waals surface area (Å²) in [7, 11) is 1.78. The van der Waals surface area contributed by atoms with Gasteiger partial charge in [-0.1, -0.05) is 54.6 Å². The highest BCUT2D eigenvalue weighted by Crippen LogP contribution is 2.43. The lowest BCUT2D eigenvalue weighted by molar-refractivity contribution is -0.124. The van der Waals surface area contributed by atoms with Gasteiger partial charge in [0.15, 0.2) is 0 Å². The van der Waals surface area contributed by atoms with Crippen LogP contribution >= 0.6 is 11.3 Å². The Hall–Kier alpha value is -2.92. The first-order chi connectivity index (χ1) is 13.2. The van der Waals surface area contributed by atoms with Gasteiger partial charge in [0.1, 0.15) is 0 Å². The number of carbonyl (C=O) groups excluding carboxylic acids is 2. The molecule has 136 valence electrons. The van der Waals surface area contributed by atoms with E-state index in [-0.39, 0.29) is 17.9 Å². The van der Waals surface area contributed by atoms with Crippen molar-refractivity contribution in [3.8, 4) is 0 Å². The molecule has 0 fully saturated rings. The van der Waals surface area contributed by atoms with Crippen molar-refractivity contribution in [3.63, 3.8) is 0 Å². The maximum atomic E-state index is 13.2. The molecule has 0 aliphatic carbocycles. The smallest absolute Gasteiger partial charge is 0.254 e. The third kappa shape index (κ3) is 3.26. The topological polar surface area (TPSA) is 49.4 Å². The maximum Gasteiger partial charge on any atom is 0.254 e. The van der Waals surface area contributed by atoms with Crippen LogP contribution < -0.4 is 5.32 Å². The zero-order valence-corrected chi connectivity index (χ0v) is 15.8. The number of fused-ring (bicyclic) bond motifs is 1. The molecule has 0 saturated carbocycles. The Balaban J connectivity index is 1.70. The molecule has 0 unspecified atom stereocenters. The Morgan fingerprint density at radius 1 is 1.04 bits per heavy atom.